The minimum absolute atomic E-state index is 0.204. The van der Waals surface area contributed by atoms with Crippen LogP contribution in [-0.4, -0.2) is 11.1 Å². The van der Waals surface area contributed by atoms with Crippen LogP contribution in [0, 0.1) is 20.8 Å². The normalized spacial score (nSPS) is 10.7. The van der Waals surface area contributed by atoms with Crippen LogP contribution in [-0.2, 0) is 4.79 Å². The first-order valence-electron chi connectivity index (χ1n) is 8.39. The lowest BCUT2D eigenvalue weighted by Gasteiger charge is -2.12. The van der Waals surface area contributed by atoms with Crippen LogP contribution < -0.4 is 10.0 Å². The Hall–Kier alpha value is -2.44. The Bertz CT molecular complexity index is 1000. The first-order valence-corrected chi connectivity index (χ1v) is 9.58. The fourth-order valence-corrected chi connectivity index (χ4v) is 3.78. The van der Waals surface area contributed by atoms with E-state index in [9.17, 15) is 4.79 Å². The Kier molecular flexibility index (Phi) is 5.77. The van der Waals surface area contributed by atoms with Gasteiger partial charge in [0.15, 0.2) is 0 Å². The summed E-state index contributed by atoms with van der Waals surface area (Å²) in [6, 6.07) is 12.0. The molecule has 1 amide bonds. The molecule has 0 fully saturated rings. The number of anilines is 2. The maximum absolute atomic E-state index is 11.4. The zero-order chi connectivity index (χ0) is 19.6. The molecule has 0 saturated heterocycles. The van der Waals surface area contributed by atoms with Crippen molar-refractivity contribution in [3.8, 4) is 11.1 Å². The third-order valence-corrected chi connectivity index (χ3v) is 5.32. The van der Waals surface area contributed by atoms with Gasteiger partial charge in [-0.15, -0.1) is 0 Å². The Labute approximate surface area is 167 Å². The first kappa shape index (κ1) is 19.3. The van der Waals surface area contributed by atoms with Crippen molar-refractivity contribution in [3.05, 3.63) is 58.2 Å². The van der Waals surface area contributed by atoms with Crippen molar-refractivity contribution < 1.29 is 9.32 Å². The van der Waals surface area contributed by atoms with Crippen molar-refractivity contribution in [1.82, 2.24) is 5.16 Å². The molecule has 0 aliphatic heterocycles. The number of amides is 1. The molecule has 5 nitrogen and oxygen atoms in total. The summed E-state index contributed by atoms with van der Waals surface area (Å²) in [6.07, 6.45) is 0. The van der Waals surface area contributed by atoms with E-state index in [2.05, 4.69) is 15.2 Å². The monoisotopic (exact) mass is 401 g/mol. The number of hydrogen-bond acceptors (Lipinski definition) is 5. The van der Waals surface area contributed by atoms with Crippen LogP contribution in [0.2, 0.25) is 5.02 Å². The fraction of sp³-hybridized carbons (Fsp3) is 0.200. The number of halogens is 1. The molecule has 2 N–H and O–H groups in total. The van der Waals surface area contributed by atoms with Crippen LogP contribution in [0.15, 0.2) is 45.8 Å². The summed E-state index contributed by atoms with van der Waals surface area (Å²) in [5, 5.41) is 7.35. The Morgan fingerprint density at radius 2 is 1.93 bits per heavy atom. The molecule has 27 heavy (non-hydrogen) atoms. The summed E-state index contributed by atoms with van der Waals surface area (Å²) in [6.45, 7) is 7.33. The molecule has 0 spiro atoms. The molecular weight excluding hydrogens is 382 g/mol. The SMILES string of the molecule is CC(=O)Nc1onc(C)c1-c1ccc(C)c(SNc2ccc(C)cc2Cl)c1. The summed E-state index contributed by atoms with van der Waals surface area (Å²) in [7, 11) is 0. The molecule has 2 aromatic carbocycles. The molecule has 7 heteroatoms. The number of hydrogen-bond donors (Lipinski definition) is 2. The highest BCUT2D eigenvalue weighted by molar-refractivity contribution is 8.00. The van der Waals surface area contributed by atoms with Crippen molar-refractivity contribution in [1.29, 1.82) is 0 Å². The minimum Gasteiger partial charge on any atom is -0.337 e. The van der Waals surface area contributed by atoms with E-state index in [1.54, 1.807) is 0 Å². The lowest BCUT2D eigenvalue weighted by Crippen LogP contribution is -2.05. The van der Waals surface area contributed by atoms with Gasteiger partial charge in [0.1, 0.15) is 0 Å². The summed E-state index contributed by atoms with van der Waals surface area (Å²) in [4.78, 5) is 12.5. The summed E-state index contributed by atoms with van der Waals surface area (Å²) in [5.74, 6) is 0.152. The quantitative estimate of drug-likeness (QED) is 0.513. The van der Waals surface area contributed by atoms with E-state index in [1.807, 2.05) is 57.2 Å². The van der Waals surface area contributed by atoms with Crippen LogP contribution in [0.3, 0.4) is 0 Å². The second-order valence-electron chi connectivity index (χ2n) is 6.32. The van der Waals surface area contributed by atoms with E-state index in [0.717, 1.165) is 32.8 Å². The topological polar surface area (TPSA) is 67.2 Å². The largest absolute Gasteiger partial charge is 0.337 e. The number of benzene rings is 2. The molecule has 0 unspecified atom stereocenters. The molecule has 0 bridgehead atoms. The van der Waals surface area contributed by atoms with Gasteiger partial charge in [-0.3, -0.25) is 10.1 Å². The molecule has 0 saturated carbocycles. The molecule has 3 rings (SSSR count). The number of carbonyl (C=O) groups is 1. The third kappa shape index (κ3) is 4.46. The Balaban J connectivity index is 1.89. The maximum Gasteiger partial charge on any atom is 0.239 e. The van der Waals surface area contributed by atoms with Crippen LogP contribution >= 0.6 is 23.5 Å². The molecule has 0 aliphatic carbocycles. The zero-order valence-corrected chi connectivity index (χ0v) is 17.1. The smallest absolute Gasteiger partial charge is 0.239 e. The lowest BCUT2D eigenvalue weighted by atomic mass is 10.0. The van der Waals surface area contributed by atoms with Crippen LogP contribution in [0.25, 0.3) is 11.1 Å². The standard InChI is InChI=1S/C20H20ClN3O2S/c1-11-5-8-17(16(21)9-11)24-27-18-10-15(7-6-12(18)2)19-13(3)23-26-20(19)22-14(4)25/h5-10,24H,1-4H3,(H,22,25). The van der Waals surface area contributed by atoms with E-state index >= 15 is 0 Å². The minimum atomic E-state index is -0.204. The van der Waals surface area contributed by atoms with Gasteiger partial charge in [0, 0.05) is 11.8 Å². The van der Waals surface area contributed by atoms with Gasteiger partial charge >= 0.3 is 0 Å². The molecule has 0 aliphatic rings. The van der Waals surface area contributed by atoms with Crippen LogP contribution in [0.1, 0.15) is 23.7 Å². The van der Waals surface area contributed by atoms with Crippen LogP contribution in [0.5, 0.6) is 0 Å². The molecule has 0 atom stereocenters. The molecule has 0 radical (unpaired) electrons. The Morgan fingerprint density at radius 1 is 1.15 bits per heavy atom. The van der Waals surface area contributed by atoms with Gasteiger partial charge in [-0.25, -0.2) is 0 Å². The van der Waals surface area contributed by atoms with Crippen LogP contribution in [0.4, 0.5) is 11.6 Å². The van der Waals surface area contributed by atoms with Crippen molar-refractivity contribution in [2.75, 3.05) is 10.0 Å². The van der Waals surface area contributed by atoms with Gasteiger partial charge in [-0.2, -0.15) is 0 Å². The number of aromatic nitrogens is 1. The highest BCUT2D eigenvalue weighted by Crippen LogP contribution is 2.36. The molecule has 140 valence electrons. The molecule has 3 aromatic rings. The number of rotatable bonds is 5. The molecule has 1 aromatic heterocycles. The van der Waals surface area contributed by atoms with Crippen molar-refractivity contribution in [3.63, 3.8) is 0 Å². The van der Waals surface area contributed by atoms with Crippen molar-refractivity contribution in [2.24, 2.45) is 0 Å². The summed E-state index contributed by atoms with van der Waals surface area (Å²) >= 11 is 7.79. The van der Waals surface area contributed by atoms with Gasteiger partial charge in [-0.05, 0) is 67.6 Å². The highest BCUT2D eigenvalue weighted by atomic mass is 35.5. The summed E-state index contributed by atoms with van der Waals surface area (Å²) in [5.41, 5.74) is 5.50. The van der Waals surface area contributed by atoms with Gasteiger partial charge in [0.2, 0.25) is 11.8 Å². The average molecular weight is 402 g/mol. The molecule has 1 heterocycles. The third-order valence-electron chi connectivity index (χ3n) is 4.02. The second-order valence-corrected chi connectivity index (χ2v) is 7.58. The average Bonchev–Trinajstić information content (AvgIpc) is 2.95. The van der Waals surface area contributed by atoms with Crippen molar-refractivity contribution >= 4 is 41.0 Å². The van der Waals surface area contributed by atoms with Gasteiger partial charge in [0.05, 0.1) is 22.0 Å². The number of nitrogens with zero attached hydrogens (tertiary/aromatic N) is 1. The highest BCUT2D eigenvalue weighted by Gasteiger charge is 2.17. The lowest BCUT2D eigenvalue weighted by molar-refractivity contribution is -0.114. The number of carbonyl (C=O) groups excluding carboxylic acids is 1. The fourth-order valence-electron chi connectivity index (χ4n) is 2.63. The number of nitrogens with one attached hydrogen (secondary N) is 2. The molecular formula is C20H20ClN3O2S. The predicted molar refractivity (Wildman–Crippen MR) is 111 cm³/mol. The van der Waals surface area contributed by atoms with Crippen molar-refractivity contribution in [2.45, 2.75) is 32.6 Å². The van der Waals surface area contributed by atoms with E-state index in [-0.39, 0.29) is 5.91 Å². The maximum atomic E-state index is 11.4. The van der Waals surface area contributed by atoms with Gasteiger partial charge in [0.25, 0.3) is 0 Å². The van der Waals surface area contributed by atoms with Gasteiger partial charge in [-0.1, -0.05) is 35.0 Å². The predicted octanol–water partition coefficient (Wildman–Crippen LogP) is 6.00. The van der Waals surface area contributed by atoms with E-state index in [1.165, 1.54) is 18.9 Å². The number of aryl methyl sites for hydroxylation is 3. The zero-order valence-electron chi connectivity index (χ0n) is 15.5. The van der Waals surface area contributed by atoms with E-state index in [0.29, 0.717) is 16.6 Å². The second kappa shape index (κ2) is 8.06. The summed E-state index contributed by atoms with van der Waals surface area (Å²) < 4.78 is 8.57. The Morgan fingerprint density at radius 3 is 2.63 bits per heavy atom. The van der Waals surface area contributed by atoms with E-state index < -0.39 is 0 Å². The first-order chi connectivity index (χ1) is 12.8. The van der Waals surface area contributed by atoms with E-state index in [4.69, 9.17) is 16.1 Å². The van der Waals surface area contributed by atoms with Gasteiger partial charge < -0.3 is 9.25 Å².